The molecule has 122 valence electrons. The van der Waals surface area contributed by atoms with Crippen molar-refractivity contribution in [3.63, 3.8) is 0 Å². The van der Waals surface area contributed by atoms with Crippen LogP contribution in [0, 0.1) is 0 Å². The van der Waals surface area contributed by atoms with Crippen LogP contribution in [0.3, 0.4) is 0 Å². The largest absolute Gasteiger partial charge is 0.379 e. The predicted molar refractivity (Wildman–Crippen MR) is 88.3 cm³/mol. The summed E-state index contributed by atoms with van der Waals surface area (Å²) in [4.78, 5) is 12.4. The number of carbonyl (C=O) groups is 1. The van der Waals surface area contributed by atoms with Crippen molar-refractivity contribution in [2.24, 2.45) is 0 Å². The Balaban J connectivity index is 1.83. The number of benzene rings is 1. The minimum Gasteiger partial charge on any atom is -0.379 e. The molecule has 6 nitrogen and oxygen atoms in total. The molecule has 0 unspecified atom stereocenters. The van der Waals surface area contributed by atoms with Crippen molar-refractivity contribution in [3.05, 3.63) is 46.7 Å². The van der Waals surface area contributed by atoms with E-state index in [0.29, 0.717) is 37.6 Å². The maximum absolute atomic E-state index is 12.6. The third kappa shape index (κ3) is 3.61. The summed E-state index contributed by atoms with van der Waals surface area (Å²) in [7, 11) is -3.60. The van der Waals surface area contributed by atoms with Crippen molar-refractivity contribution < 1.29 is 17.9 Å². The number of morpholine rings is 1. The van der Waals surface area contributed by atoms with Gasteiger partial charge in [-0.3, -0.25) is 4.79 Å². The molecule has 0 radical (unpaired) electrons. The zero-order chi connectivity index (χ0) is 16.3. The summed E-state index contributed by atoms with van der Waals surface area (Å²) in [5, 5.41) is 6.41. The number of rotatable bonds is 4. The zero-order valence-electron chi connectivity index (χ0n) is 12.3. The Kier molecular flexibility index (Phi) is 4.76. The second-order valence-corrected chi connectivity index (χ2v) is 7.73. The van der Waals surface area contributed by atoms with E-state index in [9.17, 15) is 13.2 Å². The minimum absolute atomic E-state index is 0.123. The number of ether oxygens (including phenoxy) is 1. The van der Waals surface area contributed by atoms with E-state index in [2.05, 4.69) is 5.32 Å². The topological polar surface area (TPSA) is 75.7 Å². The first kappa shape index (κ1) is 16.1. The molecule has 3 rings (SSSR count). The van der Waals surface area contributed by atoms with Crippen LogP contribution in [0.2, 0.25) is 0 Å². The molecule has 23 heavy (non-hydrogen) atoms. The Morgan fingerprint density at radius 3 is 2.70 bits per heavy atom. The summed E-state index contributed by atoms with van der Waals surface area (Å²) >= 11 is 1.47. The molecule has 0 saturated carbocycles. The highest BCUT2D eigenvalue weighted by Crippen LogP contribution is 2.19. The van der Waals surface area contributed by atoms with Crippen LogP contribution in [0.25, 0.3) is 0 Å². The second-order valence-electron chi connectivity index (χ2n) is 5.01. The van der Waals surface area contributed by atoms with Crippen LogP contribution in [0.15, 0.2) is 46.0 Å². The number of nitrogens with one attached hydrogen (secondary N) is 1. The van der Waals surface area contributed by atoms with E-state index in [0.717, 1.165) is 0 Å². The number of sulfonamides is 1. The number of anilines is 1. The molecule has 8 heteroatoms. The minimum atomic E-state index is -3.60. The Hall–Kier alpha value is -1.74. The summed E-state index contributed by atoms with van der Waals surface area (Å²) in [5.41, 5.74) is 1.01. The van der Waals surface area contributed by atoms with Gasteiger partial charge >= 0.3 is 0 Å². The number of nitrogens with zero attached hydrogens (tertiary/aromatic N) is 1. The number of hydrogen-bond donors (Lipinski definition) is 1. The third-order valence-electron chi connectivity index (χ3n) is 3.48. The first-order chi connectivity index (χ1) is 11.1. The summed E-state index contributed by atoms with van der Waals surface area (Å²) in [6, 6.07) is 7.88. The molecule has 1 aromatic carbocycles. The van der Waals surface area contributed by atoms with Crippen LogP contribution in [0.5, 0.6) is 0 Å². The monoisotopic (exact) mass is 352 g/mol. The highest BCUT2D eigenvalue weighted by Gasteiger charge is 2.26. The molecular formula is C15H16N2O4S2. The summed E-state index contributed by atoms with van der Waals surface area (Å²) < 4.78 is 31.8. The molecule has 1 aliphatic rings. The van der Waals surface area contributed by atoms with Gasteiger partial charge in [0, 0.05) is 24.0 Å². The molecule has 1 aliphatic heterocycles. The van der Waals surface area contributed by atoms with E-state index >= 15 is 0 Å². The molecule has 0 aliphatic carbocycles. The summed E-state index contributed by atoms with van der Waals surface area (Å²) in [6.45, 7) is 1.43. The predicted octanol–water partition coefficient (Wildman–Crippen LogP) is 2.02. The molecule has 1 fully saturated rings. The number of carbonyl (C=O) groups excluding carboxylic acids is 1. The quantitative estimate of drug-likeness (QED) is 0.913. The van der Waals surface area contributed by atoms with Gasteiger partial charge in [-0.15, -0.1) is 0 Å². The molecule has 0 spiro atoms. The summed E-state index contributed by atoms with van der Waals surface area (Å²) in [6.07, 6.45) is 0. The van der Waals surface area contributed by atoms with Crippen LogP contribution in [-0.2, 0) is 14.8 Å². The fourth-order valence-corrected chi connectivity index (χ4v) is 4.31. The third-order valence-corrected chi connectivity index (χ3v) is 6.06. The first-order valence-corrected chi connectivity index (χ1v) is 9.47. The van der Waals surface area contributed by atoms with Crippen molar-refractivity contribution in [2.45, 2.75) is 4.90 Å². The van der Waals surface area contributed by atoms with Gasteiger partial charge in [0.1, 0.15) is 0 Å². The van der Waals surface area contributed by atoms with Crippen molar-refractivity contribution in [1.82, 2.24) is 4.31 Å². The Morgan fingerprint density at radius 2 is 2.00 bits per heavy atom. The molecule has 1 amide bonds. The van der Waals surface area contributed by atoms with Crippen molar-refractivity contribution in [2.75, 3.05) is 31.6 Å². The smallest absolute Gasteiger partial charge is 0.255 e. The molecule has 1 saturated heterocycles. The van der Waals surface area contributed by atoms with Gasteiger partial charge in [0.15, 0.2) is 0 Å². The Labute approximate surface area is 138 Å². The second kappa shape index (κ2) is 6.79. The molecule has 1 N–H and O–H groups in total. The van der Waals surface area contributed by atoms with Gasteiger partial charge in [-0.05, 0) is 29.6 Å². The van der Waals surface area contributed by atoms with E-state index in [1.807, 2.05) is 10.8 Å². The average molecular weight is 352 g/mol. The number of amides is 1. The maximum atomic E-state index is 12.6. The lowest BCUT2D eigenvalue weighted by atomic mass is 10.2. The van der Waals surface area contributed by atoms with Crippen LogP contribution in [0.1, 0.15) is 10.4 Å². The van der Waals surface area contributed by atoms with Crippen LogP contribution in [0.4, 0.5) is 5.69 Å². The van der Waals surface area contributed by atoms with Crippen molar-refractivity contribution >= 4 is 33.0 Å². The molecule has 2 aromatic rings. The van der Waals surface area contributed by atoms with E-state index < -0.39 is 10.0 Å². The van der Waals surface area contributed by atoms with Gasteiger partial charge in [-0.1, -0.05) is 6.07 Å². The highest BCUT2D eigenvalue weighted by atomic mass is 32.2. The fourth-order valence-electron chi connectivity index (χ4n) is 2.27. The van der Waals surface area contributed by atoms with Gasteiger partial charge < -0.3 is 10.1 Å². The molecule has 0 atom stereocenters. The molecule has 1 aromatic heterocycles. The van der Waals surface area contributed by atoms with E-state index in [4.69, 9.17) is 4.74 Å². The van der Waals surface area contributed by atoms with E-state index in [1.54, 1.807) is 18.2 Å². The molecular weight excluding hydrogens is 336 g/mol. The summed E-state index contributed by atoms with van der Waals surface area (Å²) in [5.74, 6) is -0.331. The number of thiophene rings is 1. The van der Waals surface area contributed by atoms with E-state index in [1.165, 1.54) is 27.8 Å². The zero-order valence-corrected chi connectivity index (χ0v) is 13.9. The average Bonchev–Trinajstić information content (AvgIpc) is 3.09. The maximum Gasteiger partial charge on any atom is 0.255 e. The highest BCUT2D eigenvalue weighted by molar-refractivity contribution is 7.89. The SMILES string of the molecule is O=C(Nc1ccsc1)c1cccc(S(=O)(=O)N2CCOCC2)c1. The van der Waals surface area contributed by atoms with Crippen LogP contribution >= 0.6 is 11.3 Å². The Bertz CT molecular complexity index is 782. The van der Waals surface area contributed by atoms with Crippen LogP contribution < -0.4 is 5.32 Å². The van der Waals surface area contributed by atoms with Crippen molar-refractivity contribution in [1.29, 1.82) is 0 Å². The number of hydrogen-bond acceptors (Lipinski definition) is 5. The first-order valence-electron chi connectivity index (χ1n) is 7.09. The van der Waals surface area contributed by atoms with Crippen LogP contribution in [-0.4, -0.2) is 44.9 Å². The van der Waals surface area contributed by atoms with Gasteiger partial charge in [0.05, 0.1) is 23.8 Å². The van der Waals surface area contributed by atoms with E-state index in [-0.39, 0.29) is 10.8 Å². The lowest BCUT2D eigenvalue weighted by molar-refractivity contribution is 0.0730. The van der Waals surface area contributed by atoms with Gasteiger partial charge in [0.2, 0.25) is 10.0 Å². The normalized spacial score (nSPS) is 16.2. The lowest BCUT2D eigenvalue weighted by Gasteiger charge is -2.26. The van der Waals surface area contributed by atoms with Gasteiger partial charge in [-0.25, -0.2) is 8.42 Å². The standard InChI is InChI=1S/C15H16N2O4S2/c18-15(16-13-4-9-22-11-13)12-2-1-3-14(10-12)23(19,20)17-5-7-21-8-6-17/h1-4,9-11H,5-8H2,(H,16,18). The molecule has 0 bridgehead atoms. The van der Waals surface area contributed by atoms with Gasteiger partial charge in [0.25, 0.3) is 5.91 Å². The fraction of sp³-hybridized carbons (Fsp3) is 0.267. The molecule has 2 heterocycles. The lowest BCUT2D eigenvalue weighted by Crippen LogP contribution is -2.40. The Morgan fingerprint density at radius 1 is 1.22 bits per heavy atom. The van der Waals surface area contributed by atoms with Gasteiger partial charge in [-0.2, -0.15) is 15.6 Å². The van der Waals surface area contributed by atoms with Crippen molar-refractivity contribution in [3.8, 4) is 0 Å².